The van der Waals surface area contributed by atoms with E-state index in [0.29, 0.717) is 12.4 Å². The normalized spacial score (nSPS) is 15.3. The van der Waals surface area contributed by atoms with Crippen LogP contribution in [0.25, 0.3) is 11.5 Å². The first-order valence-electron chi connectivity index (χ1n) is 10.5. The minimum Gasteiger partial charge on any atom is -0.444 e. The molecule has 2 aromatic carbocycles. The van der Waals surface area contributed by atoms with Crippen LogP contribution in [0.4, 0.5) is 5.69 Å². The molecule has 0 radical (unpaired) electrons. The first kappa shape index (κ1) is 20.0. The van der Waals surface area contributed by atoms with Crippen LogP contribution in [0.2, 0.25) is 0 Å². The van der Waals surface area contributed by atoms with Gasteiger partial charge in [0, 0.05) is 31.4 Å². The van der Waals surface area contributed by atoms with Crippen LogP contribution in [0.1, 0.15) is 37.1 Å². The van der Waals surface area contributed by atoms with Crippen molar-refractivity contribution in [1.82, 2.24) is 15.6 Å². The summed E-state index contributed by atoms with van der Waals surface area (Å²) in [4.78, 5) is 11.4. The molecular weight excluding hydrogens is 374 g/mol. The molecule has 2 N–H and O–H groups in total. The molecule has 1 fully saturated rings. The van der Waals surface area contributed by atoms with E-state index in [1.165, 1.54) is 24.1 Å². The van der Waals surface area contributed by atoms with Crippen LogP contribution < -0.4 is 15.5 Å². The molecule has 0 bridgehead atoms. The molecular formula is C24H29N5O. The third-order valence-electron chi connectivity index (χ3n) is 5.43. The fourth-order valence-corrected chi connectivity index (χ4v) is 3.72. The van der Waals surface area contributed by atoms with Gasteiger partial charge in [-0.2, -0.15) is 0 Å². The number of hydrogen-bond acceptors (Lipinski definition) is 4. The SMILES string of the molecule is CN=C(NCc1coc(-c2ccccc2)n1)NC(C)c1cccc(N2CCCC2)c1. The Balaban J connectivity index is 1.35. The Bertz CT molecular complexity index is 976. The summed E-state index contributed by atoms with van der Waals surface area (Å²) < 4.78 is 5.61. The number of anilines is 1. The molecule has 0 spiro atoms. The number of aliphatic imine (C=N–C) groups is 1. The Morgan fingerprint density at radius 2 is 1.93 bits per heavy atom. The van der Waals surface area contributed by atoms with Crippen molar-refractivity contribution < 1.29 is 4.42 Å². The number of rotatable bonds is 6. The van der Waals surface area contributed by atoms with Crippen LogP contribution in [-0.2, 0) is 6.54 Å². The zero-order valence-electron chi connectivity index (χ0n) is 17.6. The molecule has 1 unspecified atom stereocenters. The monoisotopic (exact) mass is 403 g/mol. The topological polar surface area (TPSA) is 65.7 Å². The second-order valence-electron chi connectivity index (χ2n) is 7.59. The van der Waals surface area contributed by atoms with Crippen LogP contribution in [0.5, 0.6) is 0 Å². The number of nitrogens with one attached hydrogen (secondary N) is 2. The van der Waals surface area contributed by atoms with E-state index >= 15 is 0 Å². The van der Waals surface area contributed by atoms with Crippen molar-refractivity contribution in [2.45, 2.75) is 32.4 Å². The average molecular weight is 404 g/mol. The number of hydrogen-bond donors (Lipinski definition) is 2. The Hall–Kier alpha value is -3.28. The standard InChI is InChI=1S/C24H29N5O/c1-18(20-11-8-12-22(15-20)29-13-6-7-14-29)27-24(25-2)26-16-21-17-30-23(28-21)19-9-4-3-5-10-19/h3-5,8-12,15,17-18H,6-7,13-14,16H2,1-2H3,(H2,25,26,27). The van der Waals surface area contributed by atoms with E-state index in [2.05, 4.69) is 56.7 Å². The quantitative estimate of drug-likeness (QED) is 0.473. The largest absolute Gasteiger partial charge is 0.444 e. The molecule has 30 heavy (non-hydrogen) atoms. The maximum Gasteiger partial charge on any atom is 0.226 e. The van der Waals surface area contributed by atoms with Crippen molar-refractivity contribution in [2.24, 2.45) is 4.99 Å². The van der Waals surface area contributed by atoms with Gasteiger partial charge < -0.3 is 20.0 Å². The summed E-state index contributed by atoms with van der Waals surface area (Å²) in [6.45, 7) is 4.99. The first-order chi connectivity index (χ1) is 14.7. The summed E-state index contributed by atoms with van der Waals surface area (Å²) in [5, 5.41) is 6.80. The predicted octanol–water partition coefficient (Wildman–Crippen LogP) is 4.37. The van der Waals surface area contributed by atoms with E-state index in [4.69, 9.17) is 4.42 Å². The number of aromatic nitrogens is 1. The number of guanidine groups is 1. The molecule has 0 saturated carbocycles. The minimum absolute atomic E-state index is 0.135. The van der Waals surface area contributed by atoms with Crippen LogP contribution in [0.15, 0.2) is 70.3 Å². The molecule has 0 amide bonds. The number of oxazole rings is 1. The first-order valence-corrected chi connectivity index (χ1v) is 10.5. The molecule has 6 nitrogen and oxygen atoms in total. The van der Waals surface area contributed by atoms with E-state index < -0.39 is 0 Å². The van der Waals surface area contributed by atoms with E-state index in [9.17, 15) is 0 Å². The van der Waals surface area contributed by atoms with Gasteiger partial charge in [0.15, 0.2) is 5.96 Å². The highest BCUT2D eigenvalue weighted by Crippen LogP contribution is 2.24. The molecule has 2 heterocycles. The lowest BCUT2D eigenvalue weighted by Crippen LogP contribution is -2.38. The smallest absolute Gasteiger partial charge is 0.226 e. The van der Waals surface area contributed by atoms with Gasteiger partial charge in [-0.1, -0.05) is 30.3 Å². The van der Waals surface area contributed by atoms with Gasteiger partial charge >= 0.3 is 0 Å². The lowest BCUT2D eigenvalue weighted by molar-refractivity contribution is 0.572. The molecule has 1 aliphatic heterocycles. The molecule has 3 aromatic rings. The highest BCUT2D eigenvalue weighted by molar-refractivity contribution is 5.80. The molecule has 1 atom stereocenters. The predicted molar refractivity (Wildman–Crippen MR) is 122 cm³/mol. The van der Waals surface area contributed by atoms with E-state index in [0.717, 1.165) is 30.3 Å². The van der Waals surface area contributed by atoms with Crippen molar-refractivity contribution >= 4 is 11.6 Å². The highest BCUT2D eigenvalue weighted by atomic mass is 16.3. The summed E-state index contributed by atoms with van der Waals surface area (Å²) in [5.74, 6) is 1.36. The fraction of sp³-hybridized carbons (Fsp3) is 0.333. The maximum atomic E-state index is 5.61. The van der Waals surface area contributed by atoms with E-state index in [-0.39, 0.29) is 6.04 Å². The fourth-order valence-electron chi connectivity index (χ4n) is 3.72. The maximum absolute atomic E-state index is 5.61. The van der Waals surface area contributed by atoms with E-state index in [1.807, 2.05) is 30.3 Å². The second-order valence-corrected chi connectivity index (χ2v) is 7.59. The number of nitrogens with zero attached hydrogens (tertiary/aromatic N) is 3. The van der Waals surface area contributed by atoms with Gasteiger partial charge in [-0.15, -0.1) is 0 Å². The Kier molecular flexibility index (Phi) is 6.32. The van der Waals surface area contributed by atoms with Crippen molar-refractivity contribution in [1.29, 1.82) is 0 Å². The van der Waals surface area contributed by atoms with Crippen LogP contribution in [-0.4, -0.2) is 31.1 Å². The van der Waals surface area contributed by atoms with Crippen LogP contribution in [0.3, 0.4) is 0 Å². The van der Waals surface area contributed by atoms with Gasteiger partial charge in [-0.05, 0) is 49.6 Å². The third kappa shape index (κ3) is 4.82. The zero-order valence-corrected chi connectivity index (χ0v) is 17.6. The van der Waals surface area contributed by atoms with Gasteiger partial charge in [0.1, 0.15) is 6.26 Å². The molecule has 1 aliphatic rings. The Labute approximate surface area is 178 Å². The summed E-state index contributed by atoms with van der Waals surface area (Å²) in [6, 6.07) is 18.8. The van der Waals surface area contributed by atoms with Crippen molar-refractivity contribution in [3.05, 3.63) is 72.1 Å². The Morgan fingerprint density at radius 1 is 1.13 bits per heavy atom. The van der Waals surface area contributed by atoms with Crippen molar-refractivity contribution in [3.63, 3.8) is 0 Å². The molecule has 4 rings (SSSR count). The molecule has 0 aliphatic carbocycles. The Morgan fingerprint density at radius 3 is 2.70 bits per heavy atom. The lowest BCUT2D eigenvalue weighted by atomic mass is 10.1. The molecule has 6 heteroatoms. The number of benzene rings is 2. The molecule has 1 saturated heterocycles. The summed E-state index contributed by atoms with van der Waals surface area (Å²) in [6.07, 6.45) is 4.25. The summed E-state index contributed by atoms with van der Waals surface area (Å²) in [5.41, 5.74) is 4.35. The van der Waals surface area contributed by atoms with Gasteiger partial charge in [-0.3, -0.25) is 4.99 Å². The molecule has 156 valence electrons. The van der Waals surface area contributed by atoms with Gasteiger partial charge in [0.05, 0.1) is 18.3 Å². The zero-order chi connectivity index (χ0) is 20.8. The second kappa shape index (κ2) is 9.48. The van der Waals surface area contributed by atoms with Crippen LogP contribution >= 0.6 is 0 Å². The van der Waals surface area contributed by atoms with Crippen molar-refractivity contribution in [2.75, 3.05) is 25.0 Å². The van der Waals surface area contributed by atoms with Gasteiger partial charge in [-0.25, -0.2) is 4.98 Å². The van der Waals surface area contributed by atoms with Gasteiger partial charge in [0.2, 0.25) is 5.89 Å². The van der Waals surface area contributed by atoms with Crippen molar-refractivity contribution in [3.8, 4) is 11.5 Å². The average Bonchev–Trinajstić information content (AvgIpc) is 3.50. The van der Waals surface area contributed by atoms with Crippen LogP contribution in [0, 0.1) is 0 Å². The highest BCUT2D eigenvalue weighted by Gasteiger charge is 2.15. The third-order valence-corrected chi connectivity index (χ3v) is 5.43. The molecule has 1 aromatic heterocycles. The van der Waals surface area contributed by atoms with E-state index in [1.54, 1.807) is 13.3 Å². The minimum atomic E-state index is 0.135. The summed E-state index contributed by atoms with van der Waals surface area (Å²) >= 11 is 0. The summed E-state index contributed by atoms with van der Waals surface area (Å²) in [7, 11) is 1.78. The lowest BCUT2D eigenvalue weighted by Gasteiger charge is -2.22. The van der Waals surface area contributed by atoms with Gasteiger partial charge in [0.25, 0.3) is 0 Å².